The van der Waals surface area contributed by atoms with Gasteiger partial charge in [-0.15, -0.1) is 0 Å². The summed E-state index contributed by atoms with van der Waals surface area (Å²) in [5, 5.41) is 10.8. The van der Waals surface area contributed by atoms with Crippen LogP contribution < -0.4 is 20.9 Å². The quantitative estimate of drug-likeness (QED) is 0.226. The second-order valence-electron chi connectivity index (χ2n) is 11.6. The molecule has 1 saturated carbocycles. The van der Waals surface area contributed by atoms with Crippen LogP contribution in [0.1, 0.15) is 75.6 Å². The Morgan fingerprint density at radius 3 is 2.36 bits per heavy atom. The van der Waals surface area contributed by atoms with Crippen molar-refractivity contribution in [2.45, 2.75) is 84.8 Å². The number of aryl methyl sites for hydroxylation is 1. The van der Waals surface area contributed by atoms with E-state index in [4.69, 9.17) is 4.98 Å². The maximum atomic E-state index is 4.86. The monoisotopic (exact) mass is 533 g/mol. The number of nitrogens with zero attached hydrogens (tertiary/aromatic N) is 4. The van der Waals surface area contributed by atoms with Crippen LogP contribution in [-0.4, -0.2) is 66.7 Å². The molecule has 1 aromatic carbocycles. The Hall–Kier alpha value is -2.48. The van der Waals surface area contributed by atoms with E-state index >= 15 is 0 Å². The topological polar surface area (TPSA) is 68.3 Å². The van der Waals surface area contributed by atoms with E-state index in [0.717, 1.165) is 82.9 Å². The van der Waals surface area contributed by atoms with Crippen LogP contribution in [0, 0.1) is 6.92 Å². The number of nitrogens with one attached hydrogen (secondary N) is 3. The highest BCUT2D eigenvalue weighted by molar-refractivity contribution is 5.45. The number of benzene rings is 1. The minimum absolute atomic E-state index is 0.712. The fourth-order valence-corrected chi connectivity index (χ4v) is 5.54. The van der Waals surface area contributed by atoms with Crippen molar-refractivity contribution in [1.82, 2.24) is 25.5 Å². The lowest BCUT2D eigenvalue weighted by Gasteiger charge is -2.35. The van der Waals surface area contributed by atoms with Gasteiger partial charge in [-0.1, -0.05) is 55.2 Å². The van der Waals surface area contributed by atoms with Gasteiger partial charge in [-0.05, 0) is 70.7 Å². The van der Waals surface area contributed by atoms with Gasteiger partial charge >= 0.3 is 0 Å². The summed E-state index contributed by atoms with van der Waals surface area (Å²) >= 11 is 0. The minimum atomic E-state index is 0.712. The molecule has 2 aromatic rings. The number of anilines is 2. The van der Waals surface area contributed by atoms with Gasteiger partial charge in [0.15, 0.2) is 0 Å². The minimum Gasteiger partial charge on any atom is -0.354 e. The van der Waals surface area contributed by atoms with E-state index < -0.39 is 0 Å². The first-order valence-corrected chi connectivity index (χ1v) is 15.3. The fourth-order valence-electron chi connectivity index (χ4n) is 5.54. The predicted octanol–water partition coefficient (Wildman–Crippen LogP) is 5.28. The first kappa shape index (κ1) is 29.5. The molecule has 4 rings (SSSR count). The van der Waals surface area contributed by atoms with Gasteiger partial charge in [0.2, 0.25) is 5.95 Å². The van der Waals surface area contributed by atoms with Crippen molar-refractivity contribution >= 4 is 11.8 Å². The van der Waals surface area contributed by atoms with Crippen LogP contribution in [0.4, 0.5) is 11.8 Å². The molecule has 0 radical (unpaired) electrons. The van der Waals surface area contributed by atoms with Gasteiger partial charge in [0.1, 0.15) is 5.82 Å². The van der Waals surface area contributed by atoms with Crippen molar-refractivity contribution in [3.8, 4) is 0 Å². The van der Waals surface area contributed by atoms with Crippen molar-refractivity contribution in [3.05, 3.63) is 58.8 Å². The van der Waals surface area contributed by atoms with E-state index in [1.807, 2.05) is 0 Å². The molecule has 0 unspecified atom stereocenters. The number of aromatic nitrogens is 2. The zero-order valence-electron chi connectivity index (χ0n) is 24.6. The Morgan fingerprint density at radius 2 is 1.64 bits per heavy atom. The molecule has 0 bridgehead atoms. The predicted molar refractivity (Wildman–Crippen MR) is 164 cm³/mol. The zero-order chi connectivity index (χ0) is 27.3. The molecule has 7 heteroatoms. The molecule has 3 N–H and O–H groups in total. The maximum Gasteiger partial charge on any atom is 0.225 e. The summed E-state index contributed by atoms with van der Waals surface area (Å²) in [5.41, 5.74) is 4.98. The van der Waals surface area contributed by atoms with Crippen LogP contribution in [0.3, 0.4) is 0 Å². The third-order valence-electron chi connectivity index (χ3n) is 7.91. The average molecular weight is 534 g/mol. The van der Waals surface area contributed by atoms with Gasteiger partial charge in [0.05, 0.1) is 0 Å². The van der Waals surface area contributed by atoms with E-state index in [0.29, 0.717) is 5.95 Å². The second-order valence-corrected chi connectivity index (χ2v) is 11.6. The molecule has 2 aliphatic rings. The van der Waals surface area contributed by atoms with Gasteiger partial charge in [0.25, 0.3) is 0 Å². The lowest BCUT2D eigenvalue weighted by molar-refractivity contribution is 0.262. The van der Waals surface area contributed by atoms with Crippen molar-refractivity contribution in [2.75, 3.05) is 56.0 Å². The van der Waals surface area contributed by atoms with Crippen LogP contribution >= 0.6 is 0 Å². The molecular formula is C32H51N7. The maximum absolute atomic E-state index is 4.86. The van der Waals surface area contributed by atoms with Crippen molar-refractivity contribution < 1.29 is 0 Å². The summed E-state index contributed by atoms with van der Waals surface area (Å²) in [6, 6.07) is 11.7. The van der Waals surface area contributed by atoms with Gasteiger partial charge in [-0.2, -0.15) is 4.98 Å². The van der Waals surface area contributed by atoms with Gasteiger partial charge in [0, 0.05) is 63.6 Å². The van der Waals surface area contributed by atoms with E-state index in [9.17, 15) is 0 Å². The summed E-state index contributed by atoms with van der Waals surface area (Å²) in [5.74, 6) is 1.74. The number of hydrogen-bond donors (Lipinski definition) is 3. The molecule has 0 spiro atoms. The number of rotatable bonds is 14. The first-order chi connectivity index (χ1) is 19.0. The van der Waals surface area contributed by atoms with Crippen LogP contribution in [0.15, 0.2) is 42.0 Å². The van der Waals surface area contributed by atoms with E-state index in [-0.39, 0.29) is 0 Å². The Morgan fingerprint density at radius 1 is 0.923 bits per heavy atom. The number of piperazine rings is 1. The van der Waals surface area contributed by atoms with Crippen LogP contribution in [0.2, 0.25) is 0 Å². The van der Waals surface area contributed by atoms with Gasteiger partial charge < -0.3 is 20.9 Å². The second kappa shape index (κ2) is 15.9. The molecule has 2 heterocycles. The first-order valence-electron chi connectivity index (χ1n) is 15.3. The molecular weight excluding hydrogens is 482 g/mol. The lowest BCUT2D eigenvalue weighted by Crippen LogP contribution is -2.47. The van der Waals surface area contributed by atoms with Crippen LogP contribution in [0.25, 0.3) is 0 Å². The molecule has 1 aromatic heterocycles. The van der Waals surface area contributed by atoms with Crippen molar-refractivity contribution in [1.29, 1.82) is 0 Å². The summed E-state index contributed by atoms with van der Waals surface area (Å²) in [7, 11) is 0. The Labute approximate surface area is 236 Å². The third-order valence-corrected chi connectivity index (χ3v) is 7.91. The van der Waals surface area contributed by atoms with Gasteiger partial charge in [-0.3, -0.25) is 4.90 Å². The molecule has 0 amide bonds. The summed E-state index contributed by atoms with van der Waals surface area (Å²) in [6.07, 6.45) is 11.6. The largest absolute Gasteiger partial charge is 0.354 e. The standard InChI is InChI=1S/C32H51N7/c1-26(2)9-7-18-38-19-21-39(22-20-38)31-23-27(3)36-32(37-31)35-25-29-14-12-28(13-15-29)24-33-16-8-17-34-30-10-5-4-6-11-30/h9,12-15,23,30,33-34H,4-8,10-11,16-22,24-25H2,1-3H3,(H,35,36,37). The van der Waals surface area contributed by atoms with E-state index in [1.165, 1.54) is 55.2 Å². The molecule has 39 heavy (non-hydrogen) atoms. The molecule has 7 nitrogen and oxygen atoms in total. The fraction of sp³-hybridized carbons (Fsp3) is 0.625. The molecule has 1 aliphatic carbocycles. The third kappa shape index (κ3) is 10.5. The molecule has 1 saturated heterocycles. The smallest absolute Gasteiger partial charge is 0.225 e. The zero-order valence-corrected chi connectivity index (χ0v) is 24.6. The Bertz CT molecular complexity index is 1000. The van der Waals surface area contributed by atoms with Crippen LogP contribution in [-0.2, 0) is 13.1 Å². The molecule has 2 fully saturated rings. The molecule has 214 valence electrons. The molecule has 1 aliphatic heterocycles. The SMILES string of the molecule is CC(C)=CCCN1CCN(c2cc(C)nc(NCc3ccc(CNCCCNC4CCCCC4)cc3)n2)CC1. The summed E-state index contributed by atoms with van der Waals surface area (Å²) < 4.78 is 0. The Kier molecular flexibility index (Phi) is 12.1. The average Bonchev–Trinajstić information content (AvgIpc) is 2.95. The number of hydrogen-bond acceptors (Lipinski definition) is 7. The number of allylic oxidation sites excluding steroid dienone is 1. The highest BCUT2D eigenvalue weighted by atomic mass is 15.3. The van der Waals surface area contributed by atoms with E-state index in [2.05, 4.69) is 87.9 Å². The summed E-state index contributed by atoms with van der Waals surface area (Å²) in [4.78, 5) is 14.4. The van der Waals surface area contributed by atoms with Crippen molar-refractivity contribution in [3.63, 3.8) is 0 Å². The normalized spacial score (nSPS) is 16.8. The van der Waals surface area contributed by atoms with Gasteiger partial charge in [-0.25, -0.2) is 4.98 Å². The highest BCUT2D eigenvalue weighted by Crippen LogP contribution is 2.19. The highest BCUT2D eigenvalue weighted by Gasteiger charge is 2.18. The Balaban J connectivity index is 1.15. The van der Waals surface area contributed by atoms with Crippen molar-refractivity contribution in [2.24, 2.45) is 0 Å². The molecule has 0 atom stereocenters. The summed E-state index contributed by atoms with van der Waals surface area (Å²) in [6.45, 7) is 15.6. The lowest BCUT2D eigenvalue weighted by atomic mass is 9.95. The van der Waals surface area contributed by atoms with Crippen LogP contribution in [0.5, 0.6) is 0 Å². The van der Waals surface area contributed by atoms with E-state index in [1.54, 1.807) is 0 Å².